The van der Waals surface area contributed by atoms with Crippen LogP contribution in [0.25, 0.3) is 5.52 Å². The van der Waals surface area contributed by atoms with Gasteiger partial charge in [-0.3, -0.25) is 0 Å². The first-order chi connectivity index (χ1) is 8.24. The Hall–Kier alpha value is -1.07. The fourth-order valence-electron chi connectivity index (χ4n) is 2.42. The van der Waals surface area contributed by atoms with Crippen LogP contribution < -0.4 is 11.1 Å². The summed E-state index contributed by atoms with van der Waals surface area (Å²) < 4.78 is 3.00. The van der Waals surface area contributed by atoms with Crippen LogP contribution in [0, 0.1) is 5.92 Å². The maximum Gasteiger partial charge on any atom is 0.132 e. The third kappa shape index (κ3) is 2.05. The standard InChI is InChI=1S/C12H15BrN4/c13-12-10-6-9(14)2-4-17(10)11(16-12)5-8-1-3-15-7-8/h2,4,6,8,15H,1,3,5,7,14H2. The number of nitrogens with zero attached hydrogens (tertiary/aromatic N) is 2. The maximum absolute atomic E-state index is 5.79. The summed E-state index contributed by atoms with van der Waals surface area (Å²) in [5, 5.41) is 3.39. The molecule has 3 N–H and O–H groups in total. The zero-order chi connectivity index (χ0) is 11.8. The number of hydrogen-bond donors (Lipinski definition) is 2. The lowest BCUT2D eigenvalue weighted by Crippen LogP contribution is -2.12. The van der Waals surface area contributed by atoms with Crippen molar-refractivity contribution in [3.63, 3.8) is 0 Å². The van der Waals surface area contributed by atoms with E-state index in [-0.39, 0.29) is 0 Å². The number of hydrogen-bond acceptors (Lipinski definition) is 3. The summed E-state index contributed by atoms with van der Waals surface area (Å²) in [7, 11) is 0. The first kappa shape index (κ1) is 11.0. The van der Waals surface area contributed by atoms with Gasteiger partial charge in [0.1, 0.15) is 10.4 Å². The second-order valence-corrected chi connectivity index (χ2v) is 5.35. The van der Waals surface area contributed by atoms with Crippen molar-refractivity contribution in [2.24, 2.45) is 5.92 Å². The molecule has 1 fully saturated rings. The number of nitrogen functional groups attached to an aromatic ring is 1. The Morgan fingerprint density at radius 2 is 2.47 bits per heavy atom. The predicted molar refractivity (Wildman–Crippen MR) is 72.0 cm³/mol. The highest BCUT2D eigenvalue weighted by Gasteiger charge is 2.18. The van der Waals surface area contributed by atoms with Gasteiger partial charge in [0.15, 0.2) is 0 Å². The Labute approximate surface area is 108 Å². The van der Waals surface area contributed by atoms with Crippen LogP contribution in [0.1, 0.15) is 12.2 Å². The topological polar surface area (TPSA) is 55.4 Å². The van der Waals surface area contributed by atoms with Crippen LogP contribution in [0.4, 0.5) is 5.69 Å². The zero-order valence-corrected chi connectivity index (χ0v) is 11.1. The number of fused-ring (bicyclic) bond motifs is 1. The Morgan fingerprint density at radius 1 is 1.59 bits per heavy atom. The second kappa shape index (κ2) is 4.31. The number of nitrogens with one attached hydrogen (secondary N) is 1. The first-order valence-corrected chi connectivity index (χ1v) is 6.66. The van der Waals surface area contributed by atoms with Gasteiger partial charge in [-0.15, -0.1) is 0 Å². The van der Waals surface area contributed by atoms with Gasteiger partial charge in [-0.05, 0) is 53.5 Å². The van der Waals surface area contributed by atoms with Crippen molar-refractivity contribution in [1.82, 2.24) is 14.7 Å². The van der Waals surface area contributed by atoms with Crippen LogP contribution in [0.2, 0.25) is 0 Å². The molecular formula is C12H15BrN4. The van der Waals surface area contributed by atoms with Crippen LogP contribution >= 0.6 is 15.9 Å². The molecule has 90 valence electrons. The van der Waals surface area contributed by atoms with Crippen LogP contribution in [-0.4, -0.2) is 22.5 Å². The van der Waals surface area contributed by atoms with Crippen molar-refractivity contribution >= 4 is 27.1 Å². The van der Waals surface area contributed by atoms with Gasteiger partial charge in [0.2, 0.25) is 0 Å². The van der Waals surface area contributed by atoms with E-state index in [4.69, 9.17) is 5.73 Å². The SMILES string of the molecule is Nc1ccn2c(CC3CCNC3)nc(Br)c2c1. The largest absolute Gasteiger partial charge is 0.399 e. The molecule has 0 spiro atoms. The fourth-order valence-corrected chi connectivity index (χ4v) is 2.93. The lowest BCUT2D eigenvalue weighted by Gasteiger charge is -2.07. The van der Waals surface area contributed by atoms with Gasteiger partial charge in [-0.1, -0.05) is 0 Å². The van der Waals surface area contributed by atoms with E-state index < -0.39 is 0 Å². The highest BCUT2D eigenvalue weighted by Crippen LogP contribution is 2.23. The van der Waals surface area contributed by atoms with E-state index in [1.807, 2.05) is 18.3 Å². The average Bonchev–Trinajstić information content (AvgIpc) is 2.89. The molecule has 1 aliphatic rings. The maximum atomic E-state index is 5.79. The molecule has 2 aromatic rings. The fraction of sp³-hybridized carbons (Fsp3) is 0.417. The van der Waals surface area contributed by atoms with Crippen LogP contribution in [0.15, 0.2) is 22.9 Å². The number of imidazole rings is 1. The van der Waals surface area contributed by atoms with Gasteiger partial charge in [0, 0.05) is 18.3 Å². The molecule has 0 aromatic carbocycles. The summed E-state index contributed by atoms with van der Waals surface area (Å²) in [6.45, 7) is 2.23. The van der Waals surface area contributed by atoms with E-state index in [0.717, 1.165) is 41.1 Å². The number of nitrogens with two attached hydrogens (primary N) is 1. The molecule has 4 nitrogen and oxygen atoms in total. The number of rotatable bonds is 2. The van der Waals surface area contributed by atoms with Crippen molar-refractivity contribution in [3.8, 4) is 0 Å². The first-order valence-electron chi connectivity index (χ1n) is 5.87. The van der Waals surface area contributed by atoms with Gasteiger partial charge in [-0.25, -0.2) is 4.98 Å². The third-order valence-electron chi connectivity index (χ3n) is 3.33. The van der Waals surface area contributed by atoms with Crippen molar-refractivity contribution in [3.05, 3.63) is 28.8 Å². The lowest BCUT2D eigenvalue weighted by molar-refractivity contribution is 0.560. The number of pyridine rings is 1. The van der Waals surface area contributed by atoms with Crippen LogP contribution in [0.5, 0.6) is 0 Å². The molecule has 3 heterocycles. The van der Waals surface area contributed by atoms with Gasteiger partial charge in [-0.2, -0.15) is 0 Å². The van der Waals surface area contributed by atoms with Crippen molar-refractivity contribution < 1.29 is 0 Å². The average molecular weight is 295 g/mol. The highest BCUT2D eigenvalue weighted by atomic mass is 79.9. The minimum absolute atomic E-state index is 0.699. The molecule has 0 aliphatic carbocycles. The quantitative estimate of drug-likeness (QED) is 0.888. The molecule has 1 atom stereocenters. The lowest BCUT2D eigenvalue weighted by atomic mass is 10.1. The molecule has 1 unspecified atom stereocenters. The molecule has 0 bridgehead atoms. The molecule has 1 aliphatic heterocycles. The Bertz CT molecular complexity index is 543. The van der Waals surface area contributed by atoms with Gasteiger partial charge in [0.05, 0.1) is 5.52 Å². The summed E-state index contributed by atoms with van der Waals surface area (Å²) in [5.41, 5.74) is 7.61. The molecule has 5 heteroatoms. The van der Waals surface area contributed by atoms with Crippen molar-refractivity contribution in [2.75, 3.05) is 18.8 Å². The predicted octanol–water partition coefficient (Wildman–Crippen LogP) is 1.83. The molecule has 1 saturated heterocycles. The molecule has 0 radical (unpaired) electrons. The molecule has 2 aromatic heterocycles. The number of anilines is 1. The van der Waals surface area contributed by atoms with E-state index in [9.17, 15) is 0 Å². The van der Waals surface area contributed by atoms with E-state index in [2.05, 4.69) is 30.6 Å². The van der Waals surface area contributed by atoms with E-state index >= 15 is 0 Å². The minimum atomic E-state index is 0.699. The minimum Gasteiger partial charge on any atom is -0.399 e. The van der Waals surface area contributed by atoms with E-state index in [1.54, 1.807) is 0 Å². The molecule has 0 amide bonds. The monoisotopic (exact) mass is 294 g/mol. The van der Waals surface area contributed by atoms with Gasteiger partial charge >= 0.3 is 0 Å². The third-order valence-corrected chi connectivity index (χ3v) is 3.91. The molecule has 3 rings (SSSR count). The molecular weight excluding hydrogens is 280 g/mol. The summed E-state index contributed by atoms with van der Waals surface area (Å²) in [4.78, 5) is 4.59. The summed E-state index contributed by atoms with van der Waals surface area (Å²) in [5.74, 6) is 1.81. The van der Waals surface area contributed by atoms with Crippen molar-refractivity contribution in [1.29, 1.82) is 0 Å². The van der Waals surface area contributed by atoms with E-state index in [1.165, 1.54) is 6.42 Å². The molecule has 0 saturated carbocycles. The van der Waals surface area contributed by atoms with Gasteiger partial charge in [0.25, 0.3) is 0 Å². The second-order valence-electron chi connectivity index (χ2n) is 4.60. The Kier molecular flexibility index (Phi) is 2.80. The Morgan fingerprint density at radius 3 is 3.24 bits per heavy atom. The smallest absolute Gasteiger partial charge is 0.132 e. The van der Waals surface area contributed by atoms with Crippen LogP contribution in [0.3, 0.4) is 0 Å². The highest BCUT2D eigenvalue weighted by molar-refractivity contribution is 9.10. The number of aromatic nitrogens is 2. The number of halogens is 1. The Balaban J connectivity index is 1.98. The van der Waals surface area contributed by atoms with Gasteiger partial charge < -0.3 is 15.5 Å². The zero-order valence-electron chi connectivity index (χ0n) is 9.49. The van der Waals surface area contributed by atoms with Crippen LogP contribution in [-0.2, 0) is 6.42 Å². The van der Waals surface area contributed by atoms with Crippen molar-refractivity contribution in [2.45, 2.75) is 12.8 Å². The molecule has 17 heavy (non-hydrogen) atoms. The van der Waals surface area contributed by atoms with E-state index in [0.29, 0.717) is 5.92 Å². The summed E-state index contributed by atoms with van der Waals surface area (Å²) in [6, 6.07) is 3.87. The summed E-state index contributed by atoms with van der Waals surface area (Å²) in [6.07, 6.45) is 4.26. The normalized spacial score (nSPS) is 20.2. The summed E-state index contributed by atoms with van der Waals surface area (Å²) >= 11 is 3.50.